The summed E-state index contributed by atoms with van der Waals surface area (Å²) in [5, 5.41) is 0. The quantitative estimate of drug-likeness (QED) is 0.0263. The smallest absolute Gasteiger partial charge is 0.306 e. The lowest BCUT2D eigenvalue weighted by Crippen LogP contribution is -2.30. The summed E-state index contributed by atoms with van der Waals surface area (Å²) in [4.78, 5) is 37.9. The molecule has 0 aliphatic heterocycles. The molecule has 0 bridgehead atoms. The molecule has 0 aromatic heterocycles. The number of carbonyl (C=O) groups is 3. The Morgan fingerprint density at radius 1 is 0.328 bits per heavy atom. The molecular weight excluding hydrogens is 757 g/mol. The van der Waals surface area contributed by atoms with Gasteiger partial charge in [-0.25, -0.2) is 0 Å². The summed E-state index contributed by atoms with van der Waals surface area (Å²) in [5.41, 5.74) is 0. The molecule has 0 radical (unpaired) electrons. The fourth-order valence-electron chi connectivity index (χ4n) is 7.31. The fraction of sp³-hybridized carbons (Fsp3) is 0.800. The molecule has 0 rings (SSSR count). The molecule has 0 N–H and O–H groups in total. The third-order valence-corrected chi connectivity index (χ3v) is 11.3. The number of rotatable bonds is 47. The molecule has 0 spiro atoms. The Morgan fingerprint density at radius 3 is 1.02 bits per heavy atom. The van der Waals surface area contributed by atoms with Gasteiger partial charge < -0.3 is 14.2 Å². The first-order chi connectivity index (χ1) is 30.0. The summed E-state index contributed by atoms with van der Waals surface area (Å²) in [5.74, 6) is -0.907. The van der Waals surface area contributed by atoms with Gasteiger partial charge in [-0.15, -0.1) is 0 Å². The molecule has 0 aliphatic carbocycles. The minimum absolute atomic E-state index is 0.0826. The van der Waals surface area contributed by atoms with E-state index in [1.165, 1.54) is 135 Å². The summed E-state index contributed by atoms with van der Waals surface area (Å²) in [7, 11) is 0. The maximum absolute atomic E-state index is 12.8. The van der Waals surface area contributed by atoms with Gasteiger partial charge in [-0.2, -0.15) is 0 Å². The lowest BCUT2D eigenvalue weighted by molar-refractivity contribution is -0.167. The van der Waals surface area contributed by atoms with Gasteiger partial charge in [0.05, 0.1) is 0 Å². The monoisotopic (exact) mass is 855 g/mol. The Labute approximate surface area is 378 Å². The Hall–Kier alpha value is -2.63. The molecule has 0 saturated heterocycles. The highest BCUT2D eigenvalue weighted by Gasteiger charge is 2.19. The number of allylic oxidation sites excluding steroid dienone is 8. The van der Waals surface area contributed by atoms with Crippen molar-refractivity contribution in [1.82, 2.24) is 0 Å². The van der Waals surface area contributed by atoms with Gasteiger partial charge in [-0.05, 0) is 77.0 Å². The Morgan fingerprint density at radius 2 is 0.607 bits per heavy atom. The van der Waals surface area contributed by atoms with Crippen LogP contribution in [-0.4, -0.2) is 37.2 Å². The van der Waals surface area contributed by atoms with Crippen molar-refractivity contribution in [2.75, 3.05) is 13.2 Å². The zero-order chi connectivity index (χ0) is 44.4. The second-order valence-corrected chi connectivity index (χ2v) is 17.4. The second-order valence-electron chi connectivity index (χ2n) is 17.4. The van der Waals surface area contributed by atoms with Crippen LogP contribution in [0.2, 0.25) is 0 Å². The minimum Gasteiger partial charge on any atom is -0.462 e. The van der Waals surface area contributed by atoms with Gasteiger partial charge >= 0.3 is 17.9 Å². The summed E-state index contributed by atoms with van der Waals surface area (Å²) < 4.78 is 16.8. The third kappa shape index (κ3) is 48.3. The number of ether oxygens (including phenoxy) is 3. The number of unbranched alkanes of at least 4 members (excludes halogenated alkanes) is 28. The topological polar surface area (TPSA) is 78.9 Å². The van der Waals surface area contributed by atoms with Crippen molar-refractivity contribution in [3.63, 3.8) is 0 Å². The van der Waals surface area contributed by atoms with Crippen LogP contribution in [0.5, 0.6) is 0 Å². The molecule has 6 nitrogen and oxygen atoms in total. The van der Waals surface area contributed by atoms with Crippen LogP contribution in [0.25, 0.3) is 0 Å². The Balaban J connectivity index is 4.39. The van der Waals surface area contributed by atoms with E-state index >= 15 is 0 Å². The highest BCUT2D eigenvalue weighted by atomic mass is 16.6. The van der Waals surface area contributed by atoms with Crippen molar-refractivity contribution < 1.29 is 28.6 Å². The summed E-state index contributed by atoms with van der Waals surface area (Å²) in [6.07, 6.45) is 59.5. The molecule has 0 heterocycles. The van der Waals surface area contributed by atoms with Crippen LogP contribution in [-0.2, 0) is 28.6 Å². The van der Waals surface area contributed by atoms with Crippen LogP contribution in [0.4, 0.5) is 0 Å². The van der Waals surface area contributed by atoms with E-state index in [1.54, 1.807) is 0 Å². The maximum Gasteiger partial charge on any atom is 0.306 e. The molecule has 61 heavy (non-hydrogen) atoms. The zero-order valence-corrected chi connectivity index (χ0v) is 40.4. The van der Waals surface area contributed by atoms with E-state index in [4.69, 9.17) is 14.2 Å². The number of hydrogen-bond donors (Lipinski definition) is 0. The zero-order valence-electron chi connectivity index (χ0n) is 40.4. The van der Waals surface area contributed by atoms with Crippen LogP contribution >= 0.6 is 0 Å². The maximum atomic E-state index is 12.8. The fourth-order valence-corrected chi connectivity index (χ4v) is 7.31. The average molecular weight is 855 g/mol. The SMILES string of the molecule is CCCC/C=C\CCCCCCCC(=O)OC[C@H](COC(=O)CCCCCCCCCCCCCCCCC)OC(=O)CCCCCC/C=C\C/C=C\C/C=C\CCCCC. The predicted molar refractivity (Wildman–Crippen MR) is 261 cm³/mol. The Kier molecular flexibility index (Phi) is 47.9. The van der Waals surface area contributed by atoms with Gasteiger partial charge in [-0.1, -0.05) is 217 Å². The van der Waals surface area contributed by atoms with Crippen LogP contribution in [0.3, 0.4) is 0 Å². The van der Waals surface area contributed by atoms with E-state index in [2.05, 4.69) is 69.4 Å². The summed E-state index contributed by atoms with van der Waals surface area (Å²) >= 11 is 0. The van der Waals surface area contributed by atoms with Gasteiger partial charge in [-0.3, -0.25) is 14.4 Å². The van der Waals surface area contributed by atoms with Crippen molar-refractivity contribution >= 4 is 17.9 Å². The van der Waals surface area contributed by atoms with Gasteiger partial charge in [0.15, 0.2) is 6.10 Å². The molecule has 0 unspecified atom stereocenters. The van der Waals surface area contributed by atoms with Crippen molar-refractivity contribution in [1.29, 1.82) is 0 Å². The van der Waals surface area contributed by atoms with Crippen molar-refractivity contribution in [2.45, 2.75) is 271 Å². The number of carbonyl (C=O) groups excluding carboxylic acids is 3. The molecular formula is C55H98O6. The molecule has 0 amide bonds. The highest BCUT2D eigenvalue weighted by molar-refractivity contribution is 5.71. The average Bonchev–Trinajstić information content (AvgIpc) is 3.26. The molecule has 354 valence electrons. The van der Waals surface area contributed by atoms with Crippen molar-refractivity contribution in [2.24, 2.45) is 0 Å². The first kappa shape index (κ1) is 58.4. The van der Waals surface area contributed by atoms with Crippen LogP contribution in [0.1, 0.15) is 265 Å². The number of esters is 3. The molecule has 0 saturated carbocycles. The molecule has 0 fully saturated rings. The molecule has 0 aromatic carbocycles. The van der Waals surface area contributed by atoms with E-state index in [-0.39, 0.29) is 31.1 Å². The van der Waals surface area contributed by atoms with Crippen LogP contribution < -0.4 is 0 Å². The first-order valence-corrected chi connectivity index (χ1v) is 26.1. The van der Waals surface area contributed by atoms with E-state index in [0.29, 0.717) is 19.3 Å². The molecule has 0 aliphatic rings. The summed E-state index contributed by atoms with van der Waals surface area (Å²) in [6, 6.07) is 0. The lowest BCUT2D eigenvalue weighted by atomic mass is 10.0. The number of hydrogen-bond acceptors (Lipinski definition) is 6. The first-order valence-electron chi connectivity index (χ1n) is 26.1. The largest absolute Gasteiger partial charge is 0.462 e. The summed E-state index contributed by atoms with van der Waals surface area (Å²) in [6.45, 7) is 6.56. The van der Waals surface area contributed by atoms with Crippen LogP contribution in [0, 0.1) is 0 Å². The Bertz CT molecular complexity index is 1070. The van der Waals surface area contributed by atoms with Crippen LogP contribution in [0.15, 0.2) is 48.6 Å². The molecule has 1 atom stereocenters. The standard InChI is InChI=1S/C55H98O6/c1-4-7-10-13-16-19-22-24-26-27-29-31-34-37-40-43-46-49-55(58)61-52(50-59-53(56)47-44-41-38-35-32-21-18-15-12-9-6-3)51-60-54(57)48-45-42-39-36-33-30-28-25-23-20-17-14-11-8-5-2/h15-16,18-19,24,26,29,31,52H,4-14,17,20-23,25,27-28,30,32-51H2,1-3H3/b18-15-,19-16-,26-24-,31-29-/t52-/m1/s1. The van der Waals surface area contributed by atoms with E-state index < -0.39 is 6.10 Å². The van der Waals surface area contributed by atoms with Crippen molar-refractivity contribution in [3.8, 4) is 0 Å². The molecule has 0 aromatic rings. The lowest BCUT2D eigenvalue weighted by Gasteiger charge is -2.18. The van der Waals surface area contributed by atoms with Crippen molar-refractivity contribution in [3.05, 3.63) is 48.6 Å². The van der Waals surface area contributed by atoms with E-state index in [0.717, 1.165) is 89.9 Å². The third-order valence-electron chi connectivity index (χ3n) is 11.3. The van der Waals surface area contributed by atoms with E-state index in [1.807, 2.05) is 0 Å². The highest BCUT2D eigenvalue weighted by Crippen LogP contribution is 2.15. The van der Waals surface area contributed by atoms with Gasteiger partial charge in [0.25, 0.3) is 0 Å². The minimum atomic E-state index is -0.784. The molecule has 6 heteroatoms. The normalized spacial score (nSPS) is 12.4. The van der Waals surface area contributed by atoms with E-state index in [9.17, 15) is 14.4 Å². The predicted octanol–water partition coefficient (Wildman–Crippen LogP) is 17.1. The van der Waals surface area contributed by atoms with Gasteiger partial charge in [0, 0.05) is 19.3 Å². The van der Waals surface area contributed by atoms with Gasteiger partial charge in [0.2, 0.25) is 0 Å². The van der Waals surface area contributed by atoms with Gasteiger partial charge in [0.1, 0.15) is 13.2 Å². The second kappa shape index (κ2) is 50.0.